The Hall–Kier alpha value is -0.0626. The van der Waals surface area contributed by atoms with Crippen molar-refractivity contribution in [2.75, 3.05) is 13.3 Å². The molecule has 0 aromatic rings. The minimum atomic E-state index is -0.250. The number of unbranched alkanes of at least 4 members (excludes halogenated alkanes) is 4. The summed E-state index contributed by atoms with van der Waals surface area (Å²) in [5.41, 5.74) is 0. The van der Waals surface area contributed by atoms with Gasteiger partial charge in [-0.25, -0.2) is 0 Å². The molecule has 0 aromatic heterocycles. The smallest absolute Gasteiger partial charge is 0.343 e. The average molecular weight is 331 g/mol. The molecule has 0 fully saturated rings. The van der Waals surface area contributed by atoms with Crippen LogP contribution in [-0.2, 0) is 0 Å². The molecule has 0 nitrogen and oxygen atoms in total. The van der Waals surface area contributed by atoms with Gasteiger partial charge in [-0.05, 0) is 20.3 Å². The fraction of sp³-hybridized carbons (Fsp3) is 0.750. The van der Waals surface area contributed by atoms with E-state index in [1.807, 2.05) is 6.08 Å². The van der Waals surface area contributed by atoms with Gasteiger partial charge in [-0.1, -0.05) is 65.9 Å². The zero-order valence-electron chi connectivity index (χ0n) is 17.5. The van der Waals surface area contributed by atoms with Crippen molar-refractivity contribution in [3.63, 3.8) is 0 Å². The topological polar surface area (TPSA) is 0 Å². The SMILES string of the molecule is C=C.C=CCCCC.CCCC.CCF.CCF.[CH2-]CCC.[Li+]. The van der Waals surface area contributed by atoms with E-state index in [0.717, 1.165) is 6.42 Å². The monoisotopic (exact) mass is 330 g/mol. The van der Waals surface area contributed by atoms with E-state index in [1.165, 1.54) is 52.4 Å². The molecule has 0 spiro atoms. The maximum atomic E-state index is 10.3. The van der Waals surface area contributed by atoms with Crippen LogP contribution in [0.2, 0.25) is 0 Å². The van der Waals surface area contributed by atoms with E-state index < -0.39 is 0 Å². The summed E-state index contributed by atoms with van der Waals surface area (Å²) in [6.07, 6.45) is 10.6. The number of hydrogen-bond acceptors (Lipinski definition) is 0. The number of allylic oxidation sites excluding steroid dienone is 1. The minimum absolute atomic E-state index is 0. The van der Waals surface area contributed by atoms with Crippen LogP contribution in [0.5, 0.6) is 0 Å². The fourth-order valence-corrected chi connectivity index (χ4v) is 0.348. The molecule has 0 heterocycles. The fourth-order valence-electron chi connectivity index (χ4n) is 0.348. The van der Waals surface area contributed by atoms with Crippen LogP contribution in [0.25, 0.3) is 0 Å². The van der Waals surface area contributed by atoms with Crippen LogP contribution >= 0.6 is 0 Å². The van der Waals surface area contributed by atoms with E-state index in [1.54, 1.807) is 0 Å². The van der Waals surface area contributed by atoms with Gasteiger partial charge >= 0.3 is 18.9 Å². The van der Waals surface area contributed by atoms with Crippen molar-refractivity contribution in [1.29, 1.82) is 0 Å². The van der Waals surface area contributed by atoms with Gasteiger partial charge in [0.15, 0.2) is 0 Å². The zero-order valence-corrected chi connectivity index (χ0v) is 17.5. The van der Waals surface area contributed by atoms with Crippen LogP contribution in [0.4, 0.5) is 8.78 Å². The van der Waals surface area contributed by atoms with Crippen molar-refractivity contribution in [3.05, 3.63) is 32.7 Å². The predicted molar refractivity (Wildman–Crippen MR) is 105 cm³/mol. The Morgan fingerprint density at radius 2 is 1.04 bits per heavy atom. The molecule has 140 valence electrons. The molecule has 0 aromatic carbocycles. The molecule has 0 aliphatic carbocycles. The maximum Gasteiger partial charge on any atom is 1.00 e. The third kappa shape index (κ3) is 358. The van der Waals surface area contributed by atoms with E-state index in [0.29, 0.717) is 0 Å². The second-order valence-electron chi connectivity index (χ2n) is 3.82. The molecule has 0 saturated carbocycles. The molecule has 0 aliphatic heterocycles. The zero-order chi connectivity index (χ0) is 19.1. The quantitative estimate of drug-likeness (QED) is 0.268. The van der Waals surface area contributed by atoms with Crippen molar-refractivity contribution in [2.24, 2.45) is 0 Å². The summed E-state index contributed by atoms with van der Waals surface area (Å²) < 4.78 is 20.6. The van der Waals surface area contributed by atoms with E-state index in [2.05, 4.69) is 54.4 Å². The molecule has 3 heteroatoms. The molecule has 0 N–H and O–H groups in total. The summed E-state index contributed by atoms with van der Waals surface area (Å²) >= 11 is 0. The molecule has 0 amide bonds. The first-order valence-corrected chi connectivity index (χ1v) is 8.59. The van der Waals surface area contributed by atoms with Gasteiger partial charge in [-0.2, -0.15) is 6.42 Å². The molecule has 0 atom stereocenters. The first-order valence-electron chi connectivity index (χ1n) is 8.59. The summed E-state index contributed by atoms with van der Waals surface area (Å²) in [5.74, 6) is 0. The average Bonchev–Trinajstić information content (AvgIpc) is 2.56. The molecule has 0 aliphatic rings. The first-order chi connectivity index (χ1) is 10.6. The predicted octanol–water partition coefficient (Wildman–Crippen LogP) is 5.55. The molecule has 0 rings (SSSR count). The minimum Gasteiger partial charge on any atom is -0.343 e. The molecule has 0 bridgehead atoms. The van der Waals surface area contributed by atoms with Crippen molar-refractivity contribution in [2.45, 2.75) is 86.5 Å². The Morgan fingerprint density at radius 1 is 0.783 bits per heavy atom. The van der Waals surface area contributed by atoms with Crippen LogP contribution in [0.3, 0.4) is 0 Å². The van der Waals surface area contributed by atoms with Crippen LogP contribution in [0.1, 0.15) is 86.5 Å². The molecule has 23 heavy (non-hydrogen) atoms. The molecule has 0 radical (unpaired) electrons. The summed E-state index contributed by atoms with van der Waals surface area (Å²) in [5, 5.41) is 0. The van der Waals surface area contributed by atoms with Crippen LogP contribution in [-0.4, -0.2) is 13.3 Å². The molecule has 0 saturated heterocycles. The number of alkyl halides is 2. The van der Waals surface area contributed by atoms with Gasteiger partial charge in [-0.3, -0.25) is 8.78 Å². The maximum absolute atomic E-state index is 10.3. The van der Waals surface area contributed by atoms with Gasteiger partial charge in [0.25, 0.3) is 0 Å². The Kier molecular flexibility index (Phi) is 184. The molecular weight excluding hydrogens is 285 g/mol. The second-order valence-corrected chi connectivity index (χ2v) is 3.82. The molecule has 0 unspecified atom stereocenters. The van der Waals surface area contributed by atoms with Crippen molar-refractivity contribution >= 4 is 0 Å². The summed E-state index contributed by atoms with van der Waals surface area (Å²) in [6, 6.07) is 0. The van der Waals surface area contributed by atoms with Gasteiger partial charge in [0, 0.05) is 0 Å². The van der Waals surface area contributed by atoms with Crippen LogP contribution in [0, 0.1) is 6.92 Å². The third-order valence-corrected chi connectivity index (χ3v) is 1.62. The van der Waals surface area contributed by atoms with Crippen molar-refractivity contribution < 1.29 is 27.6 Å². The van der Waals surface area contributed by atoms with Gasteiger partial charge in [-0.15, -0.1) is 19.7 Å². The Bertz CT molecular complexity index is 99.8. The van der Waals surface area contributed by atoms with Gasteiger partial charge in [0.2, 0.25) is 0 Å². The normalized spacial score (nSPS) is 6.48. The second kappa shape index (κ2) is 97.4. The van der Waals surface area contributed by atoms with Crippen LogP contribution in [0.15, 0.2) is 25.8 Å². The summed E-state index contributed by atoms with van der Waals surface area (Å²) in [6.45, 7) is 24.3. The third-order valence-electron chi connectivity index (χ3n) is 1.62. The molecular formula is C20H45F2Li. The van der Waals surface area contributed by atoms with Gasteiger partial charge < -0.3 is 6.92 Å². The number of halogens is 2. The van der Waals surface area contributed by atoms with E-state index >= 15 is 0 Å². The standard InChI is InChI=1S/C6H12.C4H10.C4H9.2C2H5F.C2H4.Li/c1-3-5-6-4-2;2*1-3-4-2;2*1-2-3;1-2;/h3H,1,4-6H2,2H3;3-4H2,1-2H3;1,3-4H2,2H3;2*2H2,1H3;1-2H2;/q;;-1;;;;+1. The van der Waals surface area contributed by atoms with E-state index in [9.17, 15) is 8.78 Å². The Balaban J connectivity index is -0.0000000274. The van der Waals surface area contributed by atoms with E-state index in [4.69, 9.17) is 0 Å². The number of hydrogen-bond donors (Lipinski definition) is 0. The Morgan fingerprint density at radius 3 is 1.09 bits per heavy atom. The first kappa shape index (κ1) is 43.5. The van der Waals surface area contributed by atoms with Crippen molar-refractivity contribution in [3.8, 4) is 0 Å². The summed E-state index contributed by atoms with van der Waals surface area (Å²) in [7, 11) is 0. The Labute approximate surface area is 160 Å². The van der Waals surface area contributed by atoms with Gasteiger partial charge in [0.05, 0.1) is 13.3 Å². The van der Waals surface area contributed by atoms with E-state index in [-0.39, 0.29) is 32.2 Å². The van der Waals surface area contributed by atoms with Gasteiger partial charge in [0.1, 0.15) is 0 Å². The van der Waals surface area contributed by atoms with Crippen LogP contribution < -0.4 is 18.9 Å². The number of rotatable bonds is 5. The van der Waals surface area contributed by atoms with Crippen molar-refractivity contribution in [1.82, 2.24) is 0 Å². The largest absolute Gasteiger partial charge is 1.00 e. The summed E-state index contributed by atoms with van der Waals surface area (Å²) in [4.78, 5) is 0.